The predicted octanol–water partition coefficient (Wildman–Crippen LogP) is 3.40. The van der Waals surface area contributed by atoms with E-state index in [1.165, 1.54) is 48.1 Å². The number of aryl methyl sites for hydroxylation is 2. The molecular weight excluding hydrogens is 266 g/mol. The molecule has 0 amide bonds. The van der Waals surface area contributed by atoms with E-state index in [4.69, 9.17) is 5.73 Å². The van der Waals surface area contributed by atoms with Crippen molar-refractivity contribution < 1.29 is 0 Å². The highest BCUT2D eigenvalue weighted by Gasteiger charge is 2.14. The zero-order valence-electron chi connectivity index (χ0n) is 11.3. The molecule has 0 atom stereocenters. The number of imidazole rings is 1. The Kier molecular flexibility index (Phi) is 2.86. The van der Waals surface area contributed by atoms with E-state index in [1.807, 2.05) is 6.20 Å². The van der Waals surface area contributed by atoms with Crippen LogP contribution in [0.5, 0.6) is 0 Å². The van der Waals surface area contributed by atoms with Crippen molar-refractivity contribution in [1.82, 2.24) is 9.38 Å². The fraction of sp³-hybridized carbons (Fsp3) is 0.312. The van der Waals surface area contributed by atoms with Crippen molar-refractivity contribution in [3.63, 3.8) is 0 Å². The molecule has 1 aliphatic carbocycles. The molecule has 0 saturated heterocycles. The SMILES string of the molecule is NCc1cnc2scc(-c3ccc4c(c3)CCCC4)n12. The lowest BCUT2D eigenvalue weighted by atomic mass is 9.90. The lowest BCUT2D eigenvalue weighted by molar-refractivity contribution is 0.686. The van der Waals surface area contributed by atoms with Gasteiger partial charge in [-0.15, -0.1) is 11.3 Å². The van der Waals surface area contributed by atoms with Crippen LogP contribution >= 0.6 is 11.3 Å². The van der Waals surface area contributed by atoms with Gasteiger partial charge in [-0.2, -0.15) is 0 Å². The van der Waals surface area contributed by atoms with E-state index in [1.54, 1.807) is 11.3 Å². The summed E-state index contributed by atoms with van der Waals surface area (Å²) in [4.78, 5) is 5.45. The number of fused-ring (bicyclic) bond motifs is 2. The highest BCUT2D eigenvalue weighted by Crippen LogP contribution is 2.31. The topological polar surface area (TPSA) is 43.3 Å². The van der Waals surface area contributed by atoms with Gasteiger partial charge in [-0.25, -0.2) is 4.98 Å². The van der Waals surface area contributed by atoms with E-state index < -0.39 is 0 Å². The monoisotopic (exact) mass is 283 g/mol. The number of hydrogen-bond donors (Lipinski definition) is 1. The van der Waals surface area contributed by atoms with Gasteiger partial charge in [0.1, 0.15) is 0 Å². The van der Waals surface area contributed by atoms with E-state index in [-0.39, 0.29) is 0 Å². The van der Waals surface area contributed by atoms with Gasteiger partial charge in [-0.1, -0.05) is 12.1 Å². The predicted molar refractivity (Wildman–Crippen MR) is 83.0 cm³/mol. The van der Waals surface area contributed by atoms with Crippen molar-refractivity contribution in [2.75, 3.05) is 0 Å². The third-order valence-electron chi connectivity index (χ3n) is 4.17. The molecule has 1 aliphatic rings. The lowest BCUT2D eigenvalue weighted by Crippen LogP contribution is -2.03. The molecule has 0 saturated carbocycles. The van der Waals surface area contributed by atoms with Gasteiger partial charge in [0.2, 0.25) is 0 Å². The molecule has 20 heavy (non-hydrogen) atoms. The van der Waals surface area contributed by atoms with Crippen molar-refractivity contribution >= 4 is 16.3 Å². The Hall–Kier alpha value is -1.65. The summed E-state index contributed by atoms with van der Waals surface area (Å²) in [5.41, 5.74) is 12.4. The average Bonchev–Trinajstić information content (AvgIpc) is 3.08. The fourth-order valence-corrected chi connectivity index (χ4v) is 4.00. The van der Waals surface area contributed by atoms with Crippen LogP contribution in [0.25, 0.3) is 16.2 Å². The Bertz CT molecular complexity index is 769. The smallest absolute Gasteiger partial charge is 0.194 e. The molecule has 0 aliphatic heterocycles. The maximum Gasteiger partial charge on any atom is 0.194 e. The zero-order valence-corrected chi connectivity index (χ0v) is 12.1. The minimum atomic E-state index is 0.524. The molecule has 102 valence electrons. The Balaban J connectivity index is 1.88. The first-order valence-electron chi connectivity index (χ1n) is 7.13. The summed E-state index contributed by atoms with van der Waals surface area (Å²) in [6, 6.07) is 6.90. The van der Waals surface area contributed by atoms with Gasteiger partial charge in [-0.05, 0) is 48.4 Å². The van der Waals surface area contributed by atoms with Crippen molar-refractivity contribution in [3.8, 4) is 11.3 Å². The van der Waals surface area contributed by atoms with Crippen molar-refractivity contribution in [2.24, 2.45) is 5.73 Å². The van der Waals surface area contributed by atoms with Crippen LogP contribution < -0.4 is 5.73 Å². The average molecular weight is 283 g/mol. The molecule has 4 heteroatoms. The molecular formula is C16H17N3S. The third-order valence-corrected chi connectivity index (χ3v) is 5.01. The van der Waals surface area contributed by atoms with Crippen LogP contribution in [0.1, 0.15) is 29.7 Å². The molecule has 2 N–H and O–H groups in total. The van der Waals surface area contributed by atoms with Crippen LogP contribution in [0.4, 0.5) is 0 Å². The van der Waals surface area contributed by atoms with Gasteiger partial charge in [0.05, 0.1) is 17.6 Å². The number of rotatable bonds is 2. The number of hydrogen-bond acceptors (Lipinski definition) is 3. The maximum atomic E-state index is 5.82. The fourth-order valence-electron chi connectivity index (χ4n) is 3.10. The van der Waals surface area contributed by atoms with Crippen molar-refractivity contribution in [3.05, 3.63) is 46.6 Å². The van der Waals surface area contributed by atoms with Crippen LogP contribution in [0, 0.1) is 0 Å². The van der Waals surface area contributed by atoms with Crippen LogP contribution in [0.2, 0.25) is 0 Å². The van der Waals surface area contributed by atoms with E-state index in [9.17, 15) is 0 Å². The van der Waals surface area contributed by atoms with E-state index in [0.29, 0.717) is 6.54 Å². The van der Waals surface area contributed by atoms with E-state index in [2.05, 4.69) is 33.0 Å². The van der Waals surface area contributed by atoms with Gasteiger partial charge >= 0.3 is 0 Å². The number of aromatic nitrogens is 2. The summed E-state index contributed by atoms with van der Waals surface area (Å²) in [7, 11) is 0. The zero-order chi connectivity index (χ0) is 13.5. The summed E-state index contributed by atoms with van der Waals surface area (Å²) in [6.07, 6.45) is 6.97. The lowest BCUT2D eigenvalue weighted by Gasteiger charge is -2.16. The minimum Gasteiger partial charge on any atom is -0.325 e. The van der Waals surface area contributed by atoms with Crippen LogP contribution in [0.3, 0.4) is 0 Å². The number of thiazole rings is 1. The van der Waals surface area contributed by atoms with Gasteiger partial charge in [-0.3, -0.25) is 4.40 Å². The normalized spacial score (nSPS) is 14.7. The summed E-state index contributed by atoms with van der Waals surface area (Å²) in [5, 5.41) is 2.19. The quantitative estimate of drug-likeness (QED) is 0.783. The molecule has 2 aromatic heterocycles. The second kappa shape index (κ2) is 4.72. The summed E-state index contributed by atoms with van der Waals surface area (Å²) < 4.78 is 2.19. The second-order valence-corrected chi connectivity index (χ2v) is 6.22. The molecule has 0 spiro atoms. The first kappa shape index (κ1) is 12.1. The maximum absolute atomic E-state index is 5.82. The molecule has 3 nitrogen and oxygen atoms in total. The van der Waals surface area contributed by atoms with Gasteiger partial charge < -0.3 is 5.73 Å². The molecule has 4 rings (SSSR count). The third kappa shape index (κ3) is 1.79. The Morgan fingerprint density at radius 3 is 2.90 bits per heavy atom. The molecule has 0 radical (unpaired) electrons. The van der Waals surface area contributed by atoms with E-state index in [0.717, 1.165) is 10.7 Å². The largest absolute Gasteiger partial charge is 0.325 e. The minimum absolute atomic E-state index is 0.524. The Morgan fingerprint density at radius 1 is 1.20 bits per heavy atom. The van der Waals surface area contributed by atoms with Gasteiger partial charge in [0.15, 0.2) is 4.96 Å². The number of benzene rings is 1. The Morgan fingerprint density at radius 2 is 2.05 bits per heavy atom. The van der Waals surface area contributed by atoms with E-state index >= 15 is 0 Å². The molecule has 0 fully saturated rings. The molecule has 3 aromatic rings. The highest BCUT2D eigenvalue weighted by molar-refractivity contribution is 7.15. The van der Waals surface area contributed by atoms with Crippen molar-refractivity contribution in [1.29, 1.82) is 0 Å². The molecule has 0 bridgehead atoms. The number of nitrogens with two attached hydrogens (primary N) is 1. The molecule has 1 aromatic carbocycles. The summed E-state index contributed by atoms with van der Waals surface area (Å²) >= 11 is 1.68. The highest BCUT2D eigenvalue weighted by atomic mass is 32.1. The summed E-state index contributed by atoms with van der Waals surface area (Å²) in [5.74, 6) is 0. The van der Waals surface area contributed by atoms with Crippen molar-refractivity contribution in [2.45, 2.75) is 32.2 Å². The van der Waals surface area contributed by atoms with Crippen LogP contribution in [-0.2, 0) is 19.4 Å². The van der Waals surface area contributed by atoms with Gasteiger partial charge in [0, 0.05) is 11.9 Å². The first-order valence-corrected chi connectivity index (χ1v) is 8.01. The molecule has 2 heterocycles. The van der Waals surface area contributed by atoms with Crippen LogP contribution in [0.15, 0.2) is 29.8 Å². The second-order valence-electron chi connectivity index (χ2n) is 5.38. The molecule has 0 unspecified atom stereocenters. The van der Waals surface area contributed by atoms with Crippen LogP contribution in [-0.4, -0.2) is 9.38 Å². The number of nitrogens with zero attached hydrogens (tertiary/aromatic N) is 2. The first-order chi connectivity index (χ1) is 9.86. The Labute approximate surface area is 122 Å². The summed E-state index contributed by atoms with van der Waals surface area (Å²) in [6.45, 7) is 0.524. The standard InChI is InChI=1S/C16H17N3S/c17-8-14-9-18-16-19(14)15(10-20-16)13-6-5-11-3-1-2-4-12(11)7-13/h5-7,9-10H,1-4,8,17H2. The van der Waals surface area contributed by atoms with Gasteiger partial charge in [0.25, 0.3) is 0 Å².